The van der Waals surface area contributed by atoms with Crippen LogP contribution in [0.1, 0.15) is 24.8 Å². The maximum atomic E-state index is 13.6. The molecule has 2 aliphatic rings. The summed E-state index contributed by atoms with van der Waals surface area (Å²) in [6.07, 6.45) is 1.43. The van der Waals surface area contributed by atoms with Crippen LogP contribution in [0.4, 0.5) is 4.39 Å². The molecule has 0 saturated carbocycles. The monoisotopic (exact) mass is 320 g/mol. The number of likely N-dealkylation sites (tertiary alicyclic amines) is 1. The Morgan fingerprint density at radius 2 is 2.13 bits per heavy atom. The Morgan fingerprint density at radius 1 is 1.39 bits per heavy atom. The van der Waals surface area contributed by atoms with E-state index in [9.17, 15) is 14.0 Å². The average Bonchev–Trinajstić information content (AvgIpc) is 2.88. The minimum atomic E-state index is -0.623. The fourth-order valence-electron chi connectivity index (χ4n) is 3.37. The molecule has 0 bridgehead atoms. The number of ether oxygens (including phenoxy) is 1. The van der Waals surface area contributed by atoms with Crippen molar-refractivity contribution in [1.29, 1.82) is 0 Å². The normalized spacial score (nSPS) is 23.8. The molecular weight excluding hydrogens is 299 g/mol. The molecule has 6 heteroatoms. The maximum Gasteiger partial charge on any atom is 0.226 e. The van der Waals surface area contributed by atoms with Crippen LogP contribution in [-0.4, -0.2) is 43.5 Å². The van der Waals surface area contributed by atoms with E-state index in [1.807, 2.05) is 6.07 Å². The molecule has 1 aromatic carbocycles. The third-order valence-electron chi connectivity index (χ3n) is 4.80. The Bertz CT molecular complexity index is 614. The van der Waals surface area contributed by atoms with Gasteiger partial charge in [0.05, 0.1) is 11.5 Å². The summed E-state index contributed by atoms with van der Waals surface area (Å²) in [6, 6.07) is 6.35. The lowest BCUT2D eigenvalue weighted by Gasteiger charge is -2.39. The second-order valence-electron chi connectivity index (χ2n) is 6.37. The Kier molecular flexibility index (Phi) is 4.35. The molecule has 1 atom stereocenters. The van der Waals surface area contributed by atoms with Crippen LogP contribution in [0.15, 0.2) is 24.3 Å². The van der Waals surface area contributed by atoms with E-state index in [1.54, 1.807) is 18.0 Å². The summed E-state index contributed by atoms with van der Waals surface area (Å²) in [6.45, 7) is 1.46. The summed E-state index contributed by atoms with van der Waals surface area (Å²) in [5.74, 6) is -0.829. The third-order valence-corrected chi connectivity index (χ3v) is 4.80. The molecule has 2 heterocycles. The number of amides is 2. The quantitative estimate of drug-likeness (QED) is 0.916. The number of benzene rings is 1. The van der Waals surface area contributed by atoms with Crippen LogP contribution in [0.2, 0.25) is 0 Å². The average molecular weight is 320 g/mol. The molecule has 2 aliphatic heterocycles. The highest BCUT2D eigenvalue weighted by Crippen LogP contribution is 2.33. The van der Waals surface area contributed by atoms with Gasteiger partial charge >= 0.3 is 0 Å². The van der Waals surface area contributed by atoms with E-state index in [0.717, 1.165) is 5.56 Å². The van der Waals surface area contributed by atoms with E-state index in [4.69, 9.17) is 4.74 Å². The molecule has 124 valence electrons. The zero-order valence-electron chi connectivity index (χ0n) is 13.2. The number of carbonyl (C=O) groups is 2. The van der Waals surface area contributed by atoms with Gasteiger partial charge in [0.2, 0.25) is 11.8 Å². The van der Waals surface area contributed by atoms with Crippen LogP contribution >= 0.6 is 0 Å². The van der Waals surface area contributed by atoms with Crippen molar-refractivity contribution in [2.75, 3.05) is 26.8 Å². The molecule has 0 aliphatic carbocycles. The zero-order valence-corrected chi connectivity index (χ0v) is 13.2. The highest BCUT2D eigenvalue weighted by atomic mass is 19.1. The lowest BCUT2D eigenvalue weighted by Crippen LogP contribution is -2.51. The first kappa shape index (κ1) is 15.9. The second-order valence-corrected chi connectivity index (χ2v) is 6.37. The fraction of sp³-hybridized carbons (Fsp3) is 0.529. The summed E-state index contributed by atoms with van der Waals surface area (Å²) in [5.41, 5.74) is 0.133. The predicted octanol–water partition coefficient (Wildman–Crippen LogP) is 1.43. The molecule has 1 N–H and O–H groups in total. The van der Waals surface area contributed by atoms with Crippen LogP contribution in [0.25, 0.3) is 0 Å². The molecule has 0 aromatic heterocycles. The lowest BCUT2D eigenvalue weighted by molar-refractivity contribution is -0.130. The Morgan fingerprint density at radius 3 is 2.74 bits per heavy atom. The molecule has 5 nitrogen and oxygen atoms in total. The van der Waals surface area contributed by atoms with Crippen molar-refractivity contribution in [3.05, 3.63) is 35.6 Å². The first-order valence-electron chi connectivity index (χ1n) is 7.90. The number of nitrogens with one attached hydrogen (secondary N) is 1. The Hall–Kier alpha value is -1.95. The van der Waals surface area contributed by atoms with Crippen LogP contribution in [-0.2, 0) is 19.9 Å². The highest BCUT2D eigenvalue weighted by Gasteiger charge is 2.40. The van der Waals surface area contributed by atoms with Gasteiger partial charge in [-0.2, -0.15) is 0 Å². The van der Waals surface area contributed by atoms with Gasteiger partial charge in [0.25, 0.3) is 0 Å². The van der Waals surface area contributed by atoms with E-state index in [1.165, 1.54) is 12.1 Å². The van der Waals surface area contributed by atoms with E-state index in [0.29, 0.717) is 32.6 Å². The third kappa shape index (κ3) is 3.22. The number of hydrogen-bond donors (Lipinski definition) is 1. The van der Waals surface area contributed by atoms with Crippen molar-refractivity contribution < 1.29 is 18.7 Å². The summed E-state index contributed by atoms with van der Waals surface area (Å²) in [7, 11) is 1.70. The molecule has 0 radical (unpaired) electrons. The van der Waals surface area contributed by atoms with Crippen LogP contribution in [0.3, 0.4) is 0 Å². The van der Waals surface area contributed by atoms with Crippen molar-refractivity contribution in [2.24, 2.45) is 5.92 Å². The summed E-state index contributed by atoms with van der Waals surface area (Å²) >= 11 is 0. The fourth-order valence-corrected chi connectivity index (χ4v) is 3.37. The molecule has 2 amide bonds. The van der Waals surface area contributed by atoms with E-state index < -0.39 is 5.54 Å². The van der Waals surface area contributed by atoms with Crippen LogP contribution < -0.4 is 5.32 Å². The van der Waals surface area contributed by atoms with Gasteiger partial charge in [-0.3, -0.25) is 9.59 Å². The molecule has 0 spiro atoms. The Balaban J connectivity index is 1.82. The summed E-state index contributed by atoms with van der Waals surface area (Å²) in [4.78, 5) is 25.9. The minimum Gasteiger partial charge on any atom is -0.381 e. The first-order chi connectivity index (χ1) is 11.0. The lowest BCUT2D eigenvalue weighted by atomic mass is 9.82. The summed E-state index contributed by atoms with van der Waals surface area (Å²) < 4.78 is 19.0. The highest BCUT2D eigenvalue weighted by molar-refractivity contribution is 5.89. The van der Waals surface area contributed by atoms with Crippen molar-refractivity contribution in [2.45, 2.75) is 24.8 Å². The molecule has 2 fully saturated rings. The van der Waals surface area contributed by atoms with Gasteiger partial charge in [-0.15, -0.1) is 0 Å². The molecule has 23 heavy (non-hydrogen) atoms. The number of halogens is 1. The number of carbonyl (C=O) groups excluding carboxylic acids is 2. The van der Waals surface area contributed by atoms with E-state index in [-0.39, 0.29) is 30.0 Å². The minimum absolute atomic E-state index is 0.0167. The SMILES string of the molecule is CN1C[C@@H](C(=O)NC2(c3cccc(F)c3)CCOCC2)CC1=O. The van der Waals surface area contributed by atoms with Crippen LogP contribution in [0.5, 0.6) is 0 Å². The topological polar surface area (TPSA) is 58.6 Å². The van der Waals surface area contributed by atoms with Crippen molar-refractivity contribution in [3.8, 4) is 0 Å². The van der Waals surface area contributed by atoms with E-state index >= 15 is 0 Å². The first-order valence-corrected chi connectivity index (χ1v) is 7.90. The smallest absolute Gasteiger partial charge is 0.226 e. The van der Waals surface area contributed by atoms with Gasteiger partial charge in [-0.25, -0.2) is 4.39 Å². The van der Waals surface area contributed by atoms with Crippen molar-refractivity contribution in [1.82, 2.24) is 10.2 Å². The number of rotatable bonds is 3. The molecule has 0 unspecified atom stereocenters. The molecule has 3 rings (SSSR count). The molecule has 2 saturated heterocycles. The number of nitrogens with zero attached hydrogens (tertiary/aromatic N) is 1. The van der Waals surface area contributed by atoms with Crippen LogP contribution in [0, 0.1) is 11.7 Å². The largest absolute Gasteiger partial charge is 0.381 e. The standard InChI is InChI=1S/C17H21FN2O3/c1-20-11-12(9-15(20)21)16(22)19-17(5-7-23-8-6-17)13-3-2-4-14(18)10-13/h2-4,10,12H,5-9,11H2,1H3,(H,19,22)/t12-/m0/s1. The summed E-state index contributed by atoms with van der Waals surface area (Å²) in [5, 5.41) is 3.09. The van der Waals surface area contributed by atoms with Crippen molar-refractivity contribution in [3.63, 3.8) is 0 Å². The Labute approximate surface area is 134 Å². The van der Waals surface area contributed by atoms with Gasteiger partial charge in [0.15, 0.2) is 0 Å². The zero-order chi connectivity index (χ0) is 16.4. The van der Waals surface area contributed by atoms with Gasteiger partial charge in [0.1, 0.15) is 5.82 Å². The predicted molar refractivity (Wildman–Crippen MR) is 82.0 cm³/mol. The number of hydrogen-bond acceptors (Lipinski definition) is 3. The van der Waals surface area contributed by atoms with E-state index in [2.05, 4.69) is 5.32 Å². The van der Waals surface area contributed by atoms with Gasteiger partial charge < -0.3 is 15.0 Å². The van der Waals surface area contributed by atoms with Gasteiger partial charge in [0, 0.05) is 33.2 Å². The maximum absolute atomic E-state index is 13.6. The van der Waals surface area contributed by atoms with Crippen molar-refractivity contribution >= 4 is 11.8 Å². The second kappa shape index (κ2) is 6.28. The van der Waals surface area contributed by atoms with Gasteiger partial charge in [-0.1, -0.05) is 12.1 Å². The molecule has 1 aromatic rings. The van der Waals surface area contributed by atoms with Gasteiger partial charge in [-0.05, 0) is 30.5 Å². The molecular formula is C17H21FN2O3.